The highest BCUT2D eigenvalue weighted by molar-refractivity contribution is 5.79. The Bertz CT molecular complexity index is 177. The first-order valence-corrected chi connectivity index (χ1v) is 15.3. The summed E-state index contributed by atoms with van der Waals surface area (Å²) in [5.41, 5.74) is 0. The van der Waals surface area contributed by atoms with Crippen LogP contribution in [0.3, 0.4) is 0 Å². The van der Waals surface area contributed by atoms with Gasteiger partial charge in [0.1, 0.15) is 5.78 Å². The molecule has 222 valence electrons. The van der Waals surface area contributed by atoms with Gasteiger partial charge in [0.05, 0.1) is 0 Å². The summed E-state index contributed by atoms with van der Waals surface area (Å²) in [5, 5.41) is 0. The standard InChI is InChI=1S/C6H12O.C5H12.2C4H10.2C3H8.4C2H6/c1-4-6(7)5(2)3;1-4-5(2)3;2*1-4(2)3;2*1-3-2;4*1-2/h5H,4H2,1-3H3;5H,4H2,1-3H3;2*4H,1-3H3;2*3H2,1-2H3;4*1-2H3. The van der Waals surface area contributed by atoms with Crippen molar-refractivity contribution in [1.29, 1.82) is 0 Å². The predicted molar refractivity (Wildman–Crippen MR) is 174 cm³/mol. The molecule has 0 aliphatic carbocycles. The van der Waals surface area contributed by atoms with Crippen LogP contribution in [0.25, 0.3) is 0 Å². The molecule has 0 radical (unpaired) electrons. The molecule has 1 nitrogen and oxygen atoms in total. The van der Waals surface area contributed by atoms with E-state index in [1.807, 2.05) is 76.2 Å². The average molecular weight is 497 g/mol. The summed E-state index contributed by atoms with van der Waals surface area (Å²) in [7, 11) is 0. The Kier molecular flexibility index (Phi) is 177. The van der Waals surface area contributed by atoms with Gasteiger partial charge in [-0.2, -0.15) is 0 Å². The summed E-state index contributed by atoms with van der Waals surface area (Å²) in [6.07, 6.45) is 4.48. The van der Waals surface area contributed by atoms with Crippen molar-refractivity contribution in [1.82, 2.24) is 0 Å². The average Bonchev–Trinajstić information content (AvgIpc) is 2.79. The molecule has 34 heavy (non-hydrogen) atoms. The van der Waals surface area contributed by atoms with Crippen molar-refractivity contribution in [3.8, 4) is 0 Å². The van der Waals surface area contributed by atoms with E-state index in [4.69, 9.17) is 0 Å². The smallest absolute Gasteiger partial charge is 0.135 e. The van der Waals surface area contributed by atoms with Crippen LogP contribution in [0, 0.1) is 23.7 Å². The van der Waals surface area contributed by atoms with Crippen LogP contribution in [0.4, 0.5) is 0 Å². The van der Waals surface area contributed by atoms with Crippen LogP contribution < -0.4 is 0 Å². The first-order chi connectivity index (χ1) is 15.7. The third-order valence-electron chi connectivity index (χ3n) is 1.81. The Labute approximate surface area is 226 Å². The fraction of sp³-hybridized carbons (Fsp3) is 0.970. The van der Waals surface area contributed by atoms with Gasteiger partial charge in [-0.25, -0.2) is 0 Å². The number of rotatable bonds is 3. The molecule has 0 spiro atoms. The largest absolute Gasteiger partial charge is 0.299 e. The number of Topliss-reactive ketones (excluding diaryl/α,β-unsaturated/α-hetero) is 1. The van der Waals surface area contributed by atoms with Crippen LogP contribution in [0.2, 0.25) is 0 Å². The minimum atomic E-state index is 0.227. The summed E-state index contributed by atoms with van der Waals surface area (Å²) in [5.74, 6) is 3.12. The lowest BCUT2D eigenvalue weighted by Crippen LogP contribution is -2.03. The number of hydrogen-bond acceptors (Lipinski definition) is 1. The maximum atomic E-state index is 10.5. The molecule has 0 aliphatic rings. The zero-order valence-corrected chi connectivity index (χ0v) is 30.0. The van der Waals surface area contributed by atoms with Crippen molar-refractivity contribution in [2.45, 2.75) is 192 Å². The molecule has 0 rings (SSSR count). The second-order valence-electron chi connectivity index (χ2n) is 8.65. The Morgan fingerprint density at radius 1 is 0.471 bits per heavy atom. The highest BCUT2D eigenvalue weighted by Crippen LogP contribution is 1.95. The molecule has 0 aliphatic heterocycles. The summed E-state index contributed by atoms with van der Waals surface area (Å²) in [6.45, 7) is 49.9. The Balaban J connectivity index is -0.0000000244. The summed E-state index contributed by atoms with van der Waals surface area (Å²) in [6, 6.07) is 0. The molecular weight excluding hydrogens is 412 g/mol. The molecule has 0 bridgehead atoms. The van der Waals surface area contributed by atoms with E-state index in [9.17, 15) is 4.79 Å². The lowest BCUT2D eigenvalue weighted by Gasteiger charge is -1.96. The lowest BCUT2D eigenvalue weighted by molar-refractivity contribution is -0.121. The van der Waals surface area contributed by atoms with Gasteiger partial charge in [-0.15, -0.1) is 0 Å². The number of carbonyl (C=O) groups excluding carboxylic acids is 1. The molecule has 0 unspecified atom stereocenters. The lowest BCUT2D eigenvalue weighted by atomic mass is 10.1. The molecule has 0 aromatic carbocycles. The van der Waals surface area contributed by atoms with E-state index in [0.29, 0.717) is 12.2 Å². The number of hydrogen-bond donors (Lipinski definition) is 0. The second kappa shape index (κ2) is 94.0. The van der Waals surface area contributed by atoms with Crippen LogP contribution in [0.15, 0.2) is 0 Å². The van der Waals surface area contributed by atoms with Crippen LogP contribution in [-0.2, 0) is 4.79 Å². The van der Waals surface area contributed by atoms with Gasteiger partial charge in [-0.1, -0.05) is 185 Å². The van der Waals surface area contributed by atoms with Crippen molar-refractivity contribution in [2.24, 2.45) is 23.7 Å². The zero-order valence-electron chi connectivity index (χ0n) is 30.0. The number of carbonyl (C=O) groups is 1. The fourth-order valence-electron chi connectivity index (χ4n) is 0.408. The Hall–Kier alpha value is -0.330. The SMILES string of the molecule is CC.CC.CC.CC.CC(C)C.CC(C)C.CCC.CCC.CCC(=O)C(C)C.CCC(C)C. The maximum absolute atomic E-state index is 10.5. The Morgan fingerprint density at radius 3 is 0.588 bits per heavy atom. The first-order valence-electron chi connectivity index (χ1n) is 15.3. The van der Waals surface area contributed by atoms with E-state index in [-0.39, 0.29) is 5.92 Å². The normalized spacial score (nSPS) is 7.29. The Morgan fingerprint density at radius 2 is 0.588 bits per heavy atom. The maximum Gasteiger partial charge on any atom is 0.135 e. The molecular formula is C33H84O. The van der Waals surface area contributed by atoms with Crippen LogP contribution in [0.5, 0.6) is 0 Å². The van der Waals surface area contributed by atoms with E-state index < -0.39 is 0 Å². The molecule has 0 heterocycles. The summed E-state index contributed by atoms with van der Waals surface area (Å²) < 4.78 is 0. The molecule has 0 amide bonds. The zero-order chi connectivity index (χ0) is 30.7. The molecule has 1 heteroatoms. The number of ketones is 1. The highest BCUT2D eigenvalue weighted by atomic mass is 16.1. The van der Waals surface area contributed by atoms with Gasteiger partial charge in [0, 0.05) is 12.3 Å². The van der Waals surface area contributed by atoms with Gasteiger partial charge in [0.2, 0.25) is 0 Å². The third-order valence-corrected chi connectivity index (χ3v) is 1.81. The third kappa shape index (κ3) is 506. The van der Waals surface area contributed by atoms with E-state index in [1.54, 1.807) is 0 Å². The molecule has 0 atom stereocenters. The van der Waals surface area contributed by atoms with Crippen molar-refractivity contribution in [2.75, 3.05) is 0 Å². The molecule has 0 aromatic heterocycles. The molecule has 0 N–H and O–H groups in total. The highest BCUT2D eigenvalue weighted by Gasteiger charge is 2.00. The quantitative estimate of drug-likeness (QED) is 0.379. The summed E-state index contributed by atoms with van der Waals surface area (Å²) >= 11 is 0. The minimum absolute atomic E-state index is 0.227. The fourth-order valence-corrected chi connectivity index (χ4v) is 0.408. The van der Waals surface area contributed by atoms with E-state index in [2.05, 4.69) is 90.0 Å². The topological polar surface area (TPSA) is 17.1 Å². The van der Waals surface area contributed by atoms with Crippen molar-refractivity contribution < 1.29 is 4.79 Å². The van der Waals surface area contributed by atoms with Crippen molar-refractivity contribution >= 4 is 5.78 Å². The van der Waals surface area contributed by atoms with Crippen molar-refractivity contribution in [3.05, 3.63) is 0 Å². The molecule has 0 saturated carbocycles. The van der Waals surface area contributed by atoms with Gasteiger partial charge in [-0.05, 0) is 17.8 Å². The van der Waals surface area contributed by atoms with Crippen LogP contribution in [0.1, 0.15) is 192 Å². The monoisotopic (exact) mass is 497 g/mol. The molecule has 0 saturated heterocycles. The van der Waals surface area contributed by atoms with E-state index >= 15 is 0 Å². The predicted octanol–water partition coefficient (Wildman–Crippen LogP) is 13.9. The van der Waals surface area contributed by atoms with Gasteiger partial charge >= 0.3 is 0 Å². The van der Waals surface area contributed by atoms with E-state index in [0.717, 1.165) is 17.8 Å². The first kappa shape index (κ1) is 64.1. The van der Waals surface area contributed by atoms with Gasteiger partial charge in [0.25, 0.3) is 0 Å². The second-order valence-corrected chi connectivity index (χ2v) is 8.65. The van der Waals surface area contributed by atoms with Crippen LogP contribution in [-0.4, -0.2) is 5.78 Å². The van der Waals surface area contributed by atoms with Crippen LogP contribution >= 0.6 is 0 Å². The van der Waals surface area contributed by atoms with Gasteiger partial charge in [0.15, 0.2) is 0 Å². The van der Waals surface area contributed by atoms with Gasteiger partial charge in [-0.3, -0.25) is 4.79 Å². The summed E-state index contributed by atoms with van der Waals surface area (Å²) in [4.78, 5) is 10.5. The minimum Gasteiger partial charge on any atom is -0.299 e. The van der Waals surface area contributed by atoms with Crippen molar-refractivity contribution in [3.63, 3.8) is 0 Å². The molecule has 0 fully saturated rings. The molecule has 0 aromatic rings. The van der Waals surface area contributed by atoms with Gasteiger partial charge < -0.3 is 0 Å². The van der Waals surface area contributed by atoms with E-state index in [1.165, 1.54) is 19.3 Å².